The van der Waals surface area contributed by atoms with E-state index in [1.165, 1.54) is 116 Å². The van der Waals surface area contributed by atoms with Crippen molar-refractivity contribution in [2.24, 2.45) is 0 Å². The van der Waals surface area contributed by atoms with Crippen LogP contribution in [0, 0.1) is 0 Å². The second kappa shape index (κ2) is 38.0. The molecule has 57 heavy (non-hydrogen) atoms. The molecule has 0 aromatic carbocycles. The number of hydrogen-bond donors (Lipinski definition) is 1. The largest absolute Gasteiger partial charge is 0.462 e. The van der Waals surface area contributed by atoms with E-state index in [-0.39, 0.29) is 31.0 Å². The molecule has 0 heterocycles. The van der Waals surface area contributed by atoms with E-state index in [0.29, 0.717) is 23.9 Å². The number of carbonyl (C=O) groups excluding carboxylic acids is 3. The van der Waals surface area contributed by atoms with E-state index >= 15 is 0 Å². The SMILES string of the molecule is CCCCCCCC/C=C\CCCCCCCC(=O)OC[C@H](CNC(=O)C[N+](C)(C)CCC[N+](C)(C)C)OC(=O)CCCCCCC/C=C\CCCCCCCC. The summed E-state index contributed by atoms with van der Waals surface area (Å²) in [4.78, 5) is 38.4. The summed E-state index contributed by atoms with van der Waals surface area (Å²) >= 11 is 0. The molecule has 0 aliphatic carbocycles. The van der Waals surface area contributed by atoms with Gasteiger partial charge < -0.3 is 23.8 Å². The third kappa shape index (κ3) is 41.8. The van der Waals surface area contributed by atoms with Crippen molar-refractivity contribution in [3.63, 3.8) is 0 Å². The van der Waals surface area contributed by atoms with Crippen molar-refractivity contribution in [3.05, 3.63) is 24.3 Å². The highest BCUT2D eigenvalue weighted by Gasteiger charge is 2.23. The summed E-state index contributed by atoms with van der Waals surface area (Å²) in [5.74, 6) is -0.660. The Hall–Kier alpha value is -2.19. The Labute approximate surface area is 353 Å². The van der Waals surface area contributed by atoms with Crippen LogP contribution >= 0.6 is 0 Å². The summed E-state index contributed by atoms with van der Waals surface area (Å²) in [6.07, 6.45) is 41.7. The van der Waals surface area contributed by atoms with Crippen LogP contribution in [-0.4, -0.2) is 101 Å². The van der Waals surface area contributed by atoms with Gasteiger partial charge in [0.05, 0.1) is 54.9 Å². The molecule has 0 bridgehead atoms. The summed E-state index contributed by atoms with van der Waals surface area (Å²) in [6.45, 7) is 6.89. The van der Waals surface area contributed by atoms with Crippen LogP contribution in [-0.2, 0) is 23.9 Å². The maximum atomic E-state index is 13.0. The number of allylic oxidation sites excluding steroid dienone is 4. The van der Waals surface area contributed by atoms with Crippen molar-refractivity contribution in [1.29, 1.82) is 0 Å². The Morgan fingerprint density at radius 2 is 0.912 bits per heavy atom. The summed E-state index contributed by atoms with van der Waals surface area (Å²) < 4.78 is 12.8. The summed E-state index contributed by atoms with van der Waals surface area (Å²) in [7, 11) is 10.7. The zero-order valence-corrected chi connectivity index (χ0v) is 38.9. The number of rotatable bonds is 41. The lowest BCUT2D eigenvalue weighted by molar-refractivity contribution is -0.896. The molecule has 8 heteroatoms. The quantitative estimate of drug-likeness (QED) is 0.0288. The van der Waals surface area contributed by atoms with Gasteiger partial charge in [-0.15, -0.1) is 0 Å². The van der Waals surface area contributed by atoms with Crippen LogP contribution in [0.25, 0.3) is 0 Å². The normalized spacial score (nSPS) is 12.8. The zero-order chi connectivity index (χ0) is 42.3. The van der Waals surface area contributed by atoms with Crippen molar-refractivity contribution in [3.8, 4) is 0 Å². The molecule has 0 aromatic heterocycles. The fourth-order valence-electron chi connectivity index (χ4n) is 7.04. The van der Waals surface area contributed by atoms with Crippen LogP contribution in [0.1, 0.15) is 200 Å². The standard InChI is InChI=1S/C49H94N3O5/c1-8-10-12-14-16-18-20-22-24-26-28-30-32-34-36-39-48(54)56-45-46(43-50-47(53)44-52(6,7)42-38-41-51(3,4)5)57-49(55)40-37-35-33-31-29-27-25-23-21-19-17-15-13-11-9-2/h22-25,46H,8-21,26-45H2,1-7H3/q+1/p+1/b24-22-,25-23-/t46-/m0/s1. The molecule has 334 valence electrons. The molecule has 0 aliphatic rings. The number of carbonyl (C=O) groups is 3. The van der Waals surface area contributed by atoms with Gasteiger partial charge in [-0.2, -0.15) is 0 Å². The van der Waals surface area contributed by atoms with Crippen LogP contribution < -0.4 is 5.32 Å². The van der Waals surface area contributed by atoms with E-state index in [1.54, 1.807) is 0 Å². The van der Waals surface area contributed by atoms with Gasteiger partial charge >= 0.3 is 11.9 Å². The molecule has 0 aromatic rings. The Kier molecular flexibility index (Phi) is 36.6. The summed E-state index contributed by atoms with van der Waals surface area (Å²) in [5.41, 5.74) is 0. The van der Waals surface area contributed by atoms with Crippen LogP contribution in [0.2, 0.25) is 0 Å². The monoisotopic (exact) mass is 806 g/mol. The molecule has 1 N–H and O–H groups in total. The van der Waals surface area contributed by atoms with Gasteiger partial charge in [0.25, 0.3) is 5.91 Å². The first-order valence-electron chi connectivity index (χ1n) is 23.9. The zero-order valence-electron chi connectivity index (χ0n) is 38.9. The van der Waals surface area contributed by atoms with Crippen molar-refractivity contribution in [2.45, 2.75) is 206 Å². The fourth-order valence-corrected chi connectivity index (χ4v) is 7.04. The number of amides is 1. The van der Waals surface area contributed by atoms with Gasteiger partial charge in [-0.1, -0.05) is 141 Å². The van der Waals surface area contributed by atoms with Gasteiger partial charge in [0.1, 0.15) is 6.61 Å². The smallest absolute Gasteiger partial charge is 0.306 e. The van der Waals surface area contributed by atoms with Gasteiger partial charge in [0.15, 0.2) is 12.6 Å². The predicted molar refractivity (Wildman–Crippen MR) is 242 cm³/mol. The Morgan fingerprint density at radius 1 is 0.509 bits per heavy atom. The molecule has 1 amide bonds. The Bertz CT molecular complexity index is 1020. The first-order valence-corrected chi connectivity index (χ1v) is 23.9. The number of nitrogens with zero attached hydrogens (tertiary/aromatic N) is 2. The summed E-state index contributed by atoms with van der Waals surface area (Å²) in [6, 6.07) is 0. The first kappa shape index (κ1) is 54.8. The average molecular weight is 806 g/mol. The maximum absolute atomic E-state index is 13.0. The van der Waals surface area contributed by atoms with Crippen LogP contribution in [0.4, 0.5) is 0 Å². The van der Waals surface area contributed by atoms with Crippen molar-refractivity contribution in [2.75, 3.05) is 68.0 Å². The molecule has 0 spiro atoms. The van der Waals surface area contributed by atoms with Gasteiger partial charge in [0.2, 0.25) is 0 Å². The third-order valence-corrected chi connectivity index (χ3v) is 10.7. The molecule has 0 radical (unpaired) electrons. The Balaban J connectivity index is 4.51. The number of ether oxygens (including phenoxy) is 2. The van der Waals surface area contributed by atoms with Gasteiger partial charge in [0, 0.05) is 19.3 Å². The maximum Gasteiger partial charge on any atom is 0.306 e. The molecule has 0 fully saturated rings. The molecule has 0 unspecified atom stereocenters. The summed E-state index contributed by atoms with van der Waals surface area (Å²) in [5, 5.41) is 2.96. The second-order valence-corrected chi connectivity index (χ2v) is 18.5. The lowest BCUT2D eigenvalue weighted by Gasteiger charge is -2.31. The van der Waals surface area contributed by atoms with E-state index < -0.39 is 6.10 Å². The number of quaternary nitrogens is 2. The molecule has 1 atom stereocenters. The van der Waals surface area contributed by atoms with E-state index in [1.807, 2.05) is 0 Å². The number of nitrogens with one attached hydrogen (secondary N) is 1. The van der Waals surface area contributed by atoms with Crippen molar-refractivity contribution in [1.82, 2.24) is 5.32 Å². The van der Waals surface area contributed by atoms with E-state index in [0.717, 1.165) is 75.4 Å². The van der Waals surface area contributed by atoms with Gasteiger partial charge in [-0.3, -0.25) is 14.4 Å². The van der Waals surface area contributed by atoms with Crippen molar-refractivity contribution >= 4 is 17.8 Å². The van der Waals surface area contributed by atoms with Crippen LogP contribution in [0.15, 0.2) is 24.3 Å². The van der Waals surface area contributed by atoms with Crippen LogP contribution in [0.3, 0.4) is 0 Å². The number of esters is 2. The van der Waals surface area contributed by atoms with E-state index in [2.05, 4.69) is 78.7 Å². The highest BCUT2D eigenvalue weighted by molar-refractivity contribution is 5.77. The fraction of sp³-hybridized carbons (Fsp3) is 0.857. The lowest BCUT2D eigenvalue weighted by atomic mass is 10.1. The Morgan fingerprint density at radius 3 is 1.35 bits per heavy atom. The molecular weight excluding hydrogens is 711 g/mol. The highest BCUT2D eigenvalue weighted by atomic mass is 16.6. The minimum Gasteiger partial charge on any atom is -0.462 e. The molecule has 0 rings (SSSR count). The third-order valence-electron chi connectivity index (χ3n) is 10.7. The average Bonchev–Trinajstić information content (AvgIpc) is 3.15. The predicted octanol–water partition coefficient (Wildman–Crippen LogP) is 11.8. The lowest BCUT2D eigenvalue weighted by Crippen LogP contribution is -2.50. The molecular formula is C49H95N3O5+2. The van der Waals surface area contributed by atoms with Gasteiger partial charge in [-0.25, -0.2) is 0 Å². The minimum atomic E-state index is -0.698. The van der Waals surface area contributed by atoms with Crippen LogP contribution in [0.5, 0.6) is 0 Å². The molecule has 0 aliphatic heterocycles. The van der Waals surface area contributed by atoms with E-state index in [9.17, 15) is 14.4 Å². The number of hydrogen-bond acceptors (Lipinski definition) is 5. The first-order chi connectivity index (χ1) is 27.4. The minimum absolute atomic E-state index is 0.0376. The number of unbranched alkanes of at least 4 members (excludes halogenated alkanes) is 22. The van der Waals surface area contributed by atoms with E-state index in [4.69, 9.17) is 9.47 Å². The second-order valence-electron chi connectivity index (χ2n) is 18.5. The molecule has 8 nitrogen and oxygen atoms in total. The molecule has 0 saturated heterocycles. The number of likely N-dealkylation sites (N-methyl/N-ethyl adjacent to an activating group) is 1. The van der Waals surface area contributed by atoms with Crippen molar-refractivity contribution < 1.29 is 32.8 Å². The van der Waals surface area contributed by atoms with Gasteiger partial charge in [-0.05, 0) is 64.2 Å². The molecule has 0 saturated carbocycles. The topological polar surface area (TPSA) is 81.7 Å². The highest BCUT2D eigenvalue weighted by Crippen LogP contribution is 2.13.